The van der Waals surface area contributed by atoms with Crippen LogP contribution in [0.2, 0.25) is 0 Å². The van der Waals surface area contributed by atoms with E-state index in [2.05, 4.69) is 34.7 Å². The summed E-state index contributed by atoms with van der Waals surface area (Å²) in [5, 5.41) is 17.4. The number of aliphatic imine (C=N–C) groups is 1. The number of rotatable bonds is 8. The minimum absolute atomic E-state index is 0. The summed E-state index contributed by atoms with van der Waals surface area (Å²) in [6, 6.07) is 13.9. The minimum Gasteiger partial charge on any atom is -0.466 e. The van der Waals surface area contributed by atoms with E-state index < -0.39 is 5.60 Å². The van der Waals surface area contributed by atoms with Crippen molar-refractivity contribution in [2.24, 2.45) is 4.99 Å². The van der Waals surface area contributed by atoms with E-state index in [1.54, 1.807) is 25.3 Å². The number of halogens is 1. The quantitative estimate of drug-likeness (QED) is 0.228. The largest absolute Gasteiger partial charge is 0.466 e. The number of benzene rings is 1. The first-order valence-corrected chi connectivity index (χ1v) is 9.39. The Morgan fingerprint density at radius 1 is 1.23 bits per heavy atom. The van der Waals surface area contributed by atoms with Crippen molar-refractivity contribution in [2.75, 3.05) is 19.6 Å². The molecule has 0 amide bonds. The van der Waals surface area contributed by atoms with Crippen molar-refractivity contribution in [3.8, 4) is 0 Å². The summed E-state index contributed by atoms with van der Waals surface area (Å²) >= 11 is 1.82. The van der Waals surface area contributed by atoms with Gasteiger partial charge in [-0.05, 0) is 38.1 Å². The monoisotopic (exact) mass is 489 g/mol. The van der Waals surface area contributed by atoms with E-state index in [-0.39, 0.29) is 30.5 Å². The summed E-state index contributed by atoms with van der Waals surface area (Å²) in [5.41, 5.74) is -1.13. The molecule has 3 N–H and O–H groups in total. The highest BCUT2D eigenvalue weighted by molar-refractivity contribution is 14.0. The van der Waals surface area contributed by atoms with Gasteiger partial charge in [-0.15, -0.1) is 35.7 Å². The molecule has 144 valence electrons. The SMILES string of the molecule is CCNC(=NCC(C)(O)c1ccco1)NCC(C)Sc1ccccc1.I. The van der Waals surface area contributed by atoms with Crippen LogP contribution in [0.25, 0.3) is 0 Å². The van der Waals surface area contributed by atoms with Crippen LogP contribution in [-0.2, 0) is 5.60 Å². The van der Waals surface area contributed by atoms with Gasteiger partial charge in [0.15, 0.2) is 5.96 Å². The van der Waals surface area contributed by atoms with Crippen molar-refractivity contribution < 1.29 is 9.52 Å². The molecule has 2 unspecified atom stereocenters. The van der Waals surface area contributed by atoms with Crippen LogP contribution in [0.3, 0.4) is 0 Å². The van der Waals surface area contributed by atoms with Crippen molar-refractivity contribution in [3.63, 3.8) is 0 Å². The fourth-order valence-corrected chi connectivity index (χ4v) is 3.20. The highest BCUT2D eigenvalue weighted by Gasteiger charge is 2.26. The Labute approximate surface area is 177 Å². The lowest BCUT2D eigenvalue weighted by atomic mass is 10.0. The molecular weight excluding hydrogens is 461 g/mol. The van der Waals surface area contributed by atoms with Crippen LogP contribution in [0.5, 0.6) is 0 Å². The molecule has 7 heteroatoms. The maximum atomic E-state index is 10.5. The Kier molecular flexibility index (Phi) is 10.1. The Hall–Kier alpha value is -1.19. The molecule has 1 aromatic heterocycles. The standard InChI is InChI=1S/C19H27N3O2S.HI/c1-4-20-18(22-14-19(3,23)17-11-8-12-24-17)21-13-15(2)25-16-9-6-5-7-10-16;/h5-12,15,23H,4,13-14H2,1-3H3,(H2,20,21,22);1H. The lowest BCUT2D eigenvalue weighted by Gasteiger charge is -2.20. The highest BCUT2D eigenvalue weighted by Crippen LogP contribution is 2.22. The number of furan rings is 1. The topological polar surface area (TPSA) is 69.8 Å². The third kappa shape index (κ3) is 7.59. The molecule has 0 aliphatic carbocycles. The van der Waals surface area contributed by atoms with Gasteiger partial charge >= 0.3 is 0 Å². The lowest BCUT2D eigenvalue weighted by Crippen LogP contribution is -2.41. The van der Waals surface area contributed by atoms with Crippen molar-refractivity contribution in [2.45, 2.75) is 36.5 Å². The third-order valence-electron chi connectivity index (χ3n) is 3.58. The van der Waals surface area contributed by atoms with Gasteiger partial charge in [0, 0.05) is 23.2 Å². The van der Waals surface area contributed by atoms with Gasteiger partial charge in [-0.1, -0.05) is 25.1 Å². The van der Waals surface area contributed by atoms with Gasteiger partial charge in [0.05, 0.1) is 12.8 Å². The highest BCUT2D eigenvalue weighted by atomic mass is 127. The number of aliphatic hydroxyl groups is 1. The molecule has 0 aliphatic heterocycles. The first-order chi connectivity index (χ1) is 12.0. The van der Waals surface area contributed by atoms with E-state index in [9.17, 15) is 5.11 Å². The number of nitrogens with zero attached hydrogens (tertiary/aromatic N) is 1. The Morgan fingerprint density at radius 3 is 2.58 bits per heavy atom. The van der Waals surface area contributed by atoms with Crippen LogP contribution in [0, 0.1) is 0 Å². The average molecular weight is 489 g/mol. The minimum atomic E-state index is -1.13. The summed E-state index contributed by atoms with van der Waals surface area (Å²) < 4.78 is 5.29. The molecule has 2 aromatic rings. The Bertz CT molecular complexity index is 648. The molecule has 0 saturated carbocycles. The fourth-order valence-electron chi connectivity index (χ4n) is 2.25. The van der Waals surface area contributed by atoms with Crippen LogP contribution in [0.15, 0.2) is 63.0 Å². The van der Waals surface area contributed by atoms with E-state index in [1.807, 2.05) is 36.9 Å². The van der Waals surface area contributed by atoms with Gasteiger partial charge in [0.25, 0.3) is 0 Å². The Morgan fingerprint density at radius 2 is 1.96 bits per heavy atom. The summed E-state index contributed by atoms with van der Waals surface area (Å²) in [7, 11) is 0. The molecule has 26 heavy (non-hydrogen) atoms. The molecule has 0 fully saturated rings. The van der Waals surface area contributed by atoms with Crippen LogP contribution < -0.4 is 10.6 Å². The predicted octanol–water partition coefficient (Wildman–Crippen LogP) is 3.84. The third-order valence-corrected chi connectivity index (χ3v) is 4.69. The predicted molar refractivity (Wildman–Crippen MR) is 119 cm³/mol. The lowest BCUT2D eigenvalue weighted by molar-refractivity contribution is 0.0437. The molecular formula is C19H28IN3O2S. The summed E-state index contributed by atoms with van der Waals surface area (Å²) in [6.45, 7) is 7.64. The number of hydrogen-bond acceptors (Lipinski definition) is 4. The molecule has 0 aliphatic rings. The van der Waals surface area contributed by atoms with Crippen LogP contribution in [-0.4, -0.2) is 36.0 Å². The van der Waals surface area contributed by atoms with E-state index in [1.165, 1.54) is 4.90 Å². The second-order valence-electron chi connectivity index (χ2n) is 6.07. The number of thioether (sulfide) groups is 1. The fraction of sp³-hybridized carbons (Fsp3) is 0.421. The normalized spacial score (nSPS) is 14.8. The molecule has 5 nitrogen and oxygen atoms in total. The van der Waals surface area contributed by atoms with Crippen molar-refractivity contribution in [1.29, 1.82) is 0 Å². The second kappa shape index (κ2) is 11.5. The van der Waals surface area contributed by atoms with E-state index in [0.717, 1.165) is 13.1 Å². The van der Waals surface area contributed by atoms with Gasteiger partial charge in [-0.2, -0.15) is 0 Å². The van der Waals surface area contributed by atoms with Gasteiger partial charge in [-0.3, -0.25) is 0 Å². The van der Waals surface area contributed by atoms with Crippen molar-refractivity contribution in [1.82, 2.24) is 10.6 Å². The van der Waals surface area contributed by atoms with Gasteiger partial charge < -0.3 is 20.2 Å². The van der Waals surface area contributed by atoms with Crippen LogP contribution >= 0.6 is 35.7 Å². The molecule has 0 bridgehead atoms. The molecule has 1 heterocycles. The summed E-state index contributed by atoms with van der Waals surface area (Å²) in [4.78, 5) is 5.74. The van der Waals surface area contributed by atoms with E-state index >= 15 is 0 Å². The van der Waals surface area contributed by atoms with E-state index in [0.29, 0.717) is 17.0 Å². The molecule has 0 radical (unpaired) electrons. The second-order valence-corrected chi connectivity index (χ2v) is 7.58. The van der Waals surface area contributed by atoms with Crippen LogP contribution in [0.4, 0.5) is 0 Å². The Balaban J connectivity index is 0.00000338. The first-order valence-electron chi connectivity index (χ1n) is 8.51. The molecule has 2 atom stereocenters. The smallest absolute Gasteiger partial charge is 0.191 e. The molecule has 2 rings (SSSR count). The number of nitrogens with one attached hydrogen (secondary N) is 2. The van der Waals surface area contributed by atoms with E-state index in [4.69, 9.17) is 4.42 Å². The maximum Gasteiger partial charge on any atom is 0.191 e. The molecule has 1 aromatic carbocycles. The number of hydrogen-bond donors (Lipinski definition) is 3. The van der Waals surface area contributed by atoms with Crippen LogP contribution in [0.1, 0.15) is 26.5 Å². The van der Waals surface area contributed by atoms with Gasteiger partial charge in [0.2, 0.25) is 0 Å². The zero-order chi connectivity index (χ0) is 18.1. The summed E-state index contributed by atoms with van der Waals surface area (Å²) in [6.07, 6.45) is 1.56. The van der Waals surface area contributed by atoms with Gasteiger partial charge in [-0.25, -0.2) is 4.99 Å². The zero-order valence-electron chi connectivity index (χ0n) is 15.4. The zero-order valence-corrected chi connectivity index (χ0v) is 18.6. The average Bonchev–Trinajstić information content (AvgIpc) is 3.14. The summed E-state index contributed by atoms with van der Waals surface area (Å²) in [5.74, 6) is 1.20. The number of guanidine groups is 1. The van der Waals surface area contributed by atoms with Crippen molar-refractivity contribution >= 4 is 41.7 Å². The first kappa shape index (κ1) is 22.9. The maximum absolute atomic E-state index is 10.5. The molecule has 0 spiro atoms. The molecule has 0 saturated heterocycles. The van der Waals surface area contributed by atoms with Crippen molar-refractivity contribution in [3.05, 3.63) is 54.5 Å². The van der Waals surface area contributed by atoms with Gasteiger partial charge in [0.1, 0.15) is 11.4 Å².